The molecule has 0 saturated carbocycles. The molecule has 1 aromatic carbocycles. The minimum absolute atomic E-state index is 0.174. The van der Waals surface area contributed by atoms with Gasteiger partial charge in [-0.15, -0.1) is 0 Å². The van der Waals surface area contributed by atoms with Crippen LogP contribution < -0.4 is 0 Å². The molecule has 1 unspecified atom stereocenters. The standard InChI is InChI=1S/C9H7BrClNO3S/c10-7-3-1-6(2-4-7)8-5-9(13)12(8)16(11,14)15/h1-4,8H,5H2. The highest BCUT2D eigenvalue weighted by molar-refractivity contribution is 9.10. The SMILES string of the molecule is O=C1CC(c2ccc(Br)cc2)N1S(=O)(=O)Cl. The van der Waals surface area contributed by atoms with Gasteiger partial charge in [-0.1, -0.05) is 28.1 Å². The van der Waals surface area contributed by atoms with Gasteiger partial charge in [0.1, 0.15) is 0 Å². The van der Waals surface area contributed by atoms with Crippen LogP contribution in [0.25, 0.3) is 0 Å². The van der Waals surface area contributed by atoms with Gasteiger partial charge in [0.15, 0.2) is 0 Å². The zero-order valence-corrected chi connectivity index (χ0v) is 11.1. The Labute approximate surface area is 106 Å². The summed E-state index contributed by atoms with van der Waals surface area (Å²) in [6.45, 7) is 0. The number of halogens is 2. The lowest BCUT2D eigenvalue weighted by atomic mass is 9.97. The van der Waals surface area contributed by atoms with Gasteiger partial charge in [-0.05, 0) is 17.7 Å². The van der Waals surface area contributed by atoms with E-state index in [1.54, 1.807) is 24.3 Å². The number of carbonyl (C=O) groups excluding carboxylic acids is 1. The Morgan fingerprint density at radius 1 is 1.31 bits per heavy atom. The second-order valence-electron chi connectivity index (χ2n) is 3.40. The molecule has 1 aliphatic heterocycles. The number of hydrogen-bond donors (Lipinski definition) is 0. The van der Waals surface area contributed by atoms with Crippen molar-refractivity contribution in [2.45, 2.75) is 12.5 Å². The summed E-state index contributed by atoms with van der Waals surface area (Å²) in [5.74, 6) is -0.470. The van der Waals surface area contributed by atoms with Gasteiger partial charge >= 0.3 is 9.24 Å². The van der Waals surface area contributed by atoms with Gasteiger partial charge in [0.25, 0.3) is 0 Å². The van der Waals surface area contributed by atoms with Crippen molar-refractivity contribution in [3.8, 4) is 0 Å². The van der Waals surface area contributed by atoms with Gasteiger partial charge in [-0.25, -0.2) is 4.31 Å². The first-order valence-electron chi connectivity index (χ1n) is 4.42. The lowest BCUT2D eigenvalue weighted by Gasteiger charge is -2.37. The molecule has 16 heavy (non-hydrogen) atoms. The lowest BCUT2D eigenvalue weighted by Crippen LogP contribution is -2.47. The van der Waals surface area contributed by atoms with Crippen molar-refractivity contribution in [2.24, 2.45) is 0 Å². The molecule has 1 heterocycles. The third-order valence-electron chi connectivity index (χ3n) is 2.39. The van der Waals surface area contributed by atoms with E-state index in [-0.39, 0.29) is 6.42 Å². The Hall–Kier alpha value is -0.590. The molecule has 0 radical (unpaired) electrons. The molecule has 4 nitrogen and oxygen atoms in total. The van der Waals surface area contributed by atoms with Crippen LogP contribution in [0.3, 0.4) is 0 Å². The maximum Gasteiger partial charge on any atom is 0.324 e. The van der Waals surface area contributed by atoms with Crippen molar-refractivity contribution in [1.29, 1.82) is 0 Å². The van der Waals surface area contributed by atoms with Gasteiger partial charge in [0, 0.05) is 15.2 Å². The van der Waals surface area contributed by atoms with Crippen molar-refractivity contribution < 1.29 is 13.2 Å². The predicted molar refractivity (Wildman–Crippen MR) is 63.1 cm³/mol. The smallest absolute Gasteiger partial charge is 0.274 e. The fourth-order valence-electron chi connectivity index (χ4n) is 1.61. The molecule has 0 spiro atoms. The number of hydrogen-bond acceptors (Lipinski definition) is 3. The summed E-state index contributed by atoms with van der Waals surface area (Å²) in [5.41, 5.74) is 0.757. The first kappa shape index (κ1) is 11.9. The molecule has 1 aliphatic rings. The minimum atomic E-state index is -3.98. The number of rotatable bonds is 2. The predicted octanol–water partition coefficient (Wildman–Crippen LogP) is 2.21. The van der Waals surface area contributed by atoms with E-state index in [2.05, 4.69) is 15.9 Å². The molecule has 1 atom stereocenters. The molecular formula is C9H7BrClNO3S. The molecule has 0 N–H and O–H groups in total. The molecular weight excluding hydrogens is 318 g/mol. The fraction of sp³-hybridized carbons (Fsp3) is 0.222. The summed E-state index contributed by atoms with van der Waals surface area (Å²) in [7, 11) is 1.20. The molecule has 1 amide bonds. The van der Waals surface area contributed by atoms with Crippen LogP contribution in [0.1, 0.15) is 18.0 Å². The Morgan fingerprint density at radius 2 is 1.88 bits per heavy atom. The Balaban J connectivity index is 2.30. The monoisotopic (exact) mass is 323 g/mol. The Morgan fingerprint density at radius 3 is 2.31 bits per heavy atom. The van der Waals surface area contributed by atoms with Crippen molar-refractivity contribution in [2.75, 3.05) is 0 Å². The quantitative estimate of drug-likeness (QED) is 0.619. The summed E-state index contributed by atoms with van der Waals surface area (Å²) in [6.07, 6.45) is 0.174. The summed E-state index contributed by atoms with van der Waals surface area (Å²) >= 11 is 3.28. The van der Waals surface area contributed by atoms with Crippen molar-refractivity contribution in [3.63, 3.8) is 0 Å². The van der Waals surface area contributed by atoms with Crippen molar-refractivity contribution in [3.05, 3.63) is 34.3 Å². The second kappa shape index (κ2) is 4.01. The molecule has 1 fully saturated rings. The molecule has 1 aromatic rings. The third-order valence-corrected chi connectivity index (χ3v) is 4.29. The van der Waals surface area contributed by atoms with Crippen molar-refractivity contribution in [1.82, 2.24) is 4.31 Å². The van der Waals surface area contributed by atoms with E-state index in [9.17, 15) is 13.2 Å². The van der Waals surface area contributed by atoms with E-state index in [1.807, 2.05) is 0 Å². The number of carbonyl (C=O) groups is 1. The van der Waals surface area contributed by atoms with Crippen LogP contribution in [0, 0.1) is 0 Å². The highest BCUT2D eigenvalue weighted by Gasteiger charge is 2.44. The van der Waals surface area contributed by atoms with E-state index in [1.165, 1.54) is 0 Å². The summed E-state index contributed by atoms with van der Waals surface area (Å²) < 4.78 is 23.9. The highest BCUT2D eigenvalue weighted by Crippen LogP contribution is 2.38. The Kier molecular flexibility index (Phi) is 2.98. The Bertz CT molecular complexity index is 528. The van der Waals surface area contributed by atoms with Gasteiger partial charge in [-0.3, -0.25) is 4.79 Å². The first-order chi connectivity index (χ1) is 7.39. The van der Waals surface area contributed by atoms with Crippen LogP contribution in [0.15, 0.2) is 28.7 Å². The average Bonchev–Trinajstić information content (AvgIpc) is 2.13. The maximum atomic E-state index is 11.2. The third kappa shape index (κ3) is 2.09. The minimum Gasteiger partial charge on any atom is -0.274 e. The van der Waals surface area contributed by atoms with Crippen LogP contribution in [-0.2, 0) is 14.0 Å². The molecule has 0 aliphatic carbocycles. The van der Waals surface area contributed by atoms with Gasteiger partial charge in [0.05, 0.1) is 12.5 Å². The highest BCUT2D eigenvalue weighted by atomic mass is 79.9. The van der Waals surface area contributed by atoms with E-state index >= 15 is 0 Å². The molecule has 0 aromatic heterocycles. The molecule has 0 bridgehead atoms. The van der Waals surface area contributed by atoms with Crippen LogP contribution in [0.2, 0.25) is 0 Å². The van der Waals surface area contributed by atoms with E-state index in [0.29, 0.717) is 4.31 Å². The van der Waals surface area contributed by atoms with Gasteiger partial charge < -0.3 is 0 Å². The van der Waals surface area contributed by atoms with E-state index in [4.69, 9.17) is 10.7 Å². The van der Waals surface area contributed by atoms with Gasteiger partial charge in [0.2, 0.25) is 5.91 Å². The van der Waals surface area contributed by atoms with E-state index < -0.39 is 21.2 Å². The fourth-order valence-corrected chi connectivity index (χ4v) is 3.21. The van der Waals surface area contributed by atoms with E-state index in [0.717, 1.165) is 10.0 Å². The number of nitrogens with zero attached hydrogens (tertiary/aromatic N) is 1. The number of β-lactam (4-membered cyclic amide) rings is 1. The lowest BCUT2D eigenvalue weighted by molar-refractivity contribution is -0.137. The van der Waals surface area contributed by atoms with Gasteiger partial charge in [-0.2, -0.15) is 8.42 Å². The topological polar surface area (TPSA) is 54.5 Å². The van der Waals surface area contributed by atoms with Crippen LogP contribution >= 0.6 is 26.6 Å². The largest absolute Gasteiger partial charge is 0.324 e. The first-order valence-corrected chi connectivity index (χ1v) is 7.48. The zero-order valence-electron chi connectivity index (χ0n) is 7.93. The molecule has 2 rings (SSSR count). The van der Waals surface area contributed by atoms with Crippen LogP contribution in [-0.4, -0.2) is 18.6 Å². The summed E-state index contributed by atoms with van der Waals surface area (Å²) in [6, 6.07) is 6.63. The number of amides is 1. The average molecular weight is 325 g/mol. The molecule has 86 valence electrons. The summed E-state index contributed by atoms with van der Waals surface area (Å²) in [5, 5.41) is 0. The van der Waals surface area contributed by atoms with Crippen LogP contribution in [0.5, 0.6) is 0 Å². The normalized spacial score (nSPS) is 20.8. The second-order valence-corrected chi connectivity index (χ2v) is 6.71. The molecule has 1 saturated heterocycles. The maximum absolute atomic E-state index is 11.2. The van der Waals surface area contributed by atoms with Crippen LogP contribution in [0.4, 0.5) is 0 Å². The summed E-state index contributed by atoms with van der Waals surface area (Å²) in [4.78, 5) is 11.2. The number of benzene rings is 1. The molecule has 7 heteroatoms. The zero-order chi connectivity index (χ0) is 11.9. The van der Waals surface area contributed by atoms with Crippen molar-refractivity contribution >= 4 is 41.8 Å².